The molecule has 0 aliphatic heterocycles. The average molecular weight is 287 g/mol. The molecule has 6 nitrogen and oxygen atoms in total. The SMILES string of the molecule is CC(NC1CCCC1CO)c1cccc(-n2cnnn2)c1. The van der Waals surface area contributed by atoms with Gasteiger partial charge in [-0.15, -0.1) is 5.10 Å². The summed E-state index contributed by atoms with van der Waals surface area (Å²) in [5.41, 5.74) is 2.16. The van der Waals surface area contributed by atoms with Gasteiger partial charge in [0.05, 0.1) is 5.69 Å². The monoisotopic (exact) mass is 287 g/mol. The Morgan fingerprint density at radius 2 is 2.33 bits per heavy atom. The van der Waals surface area contributed by atoms with Gasteiger partial charge in [-0.05, 0) is 53.8 Å². The molecule has 0 bridgehead atoms. The quantitative estimate of drug-likeness (QED) is 0.871. The van der Waals surface area contributed by atoms with E-state index >= 15 is 0 Å². The van der Waals surface area contributed by atoms with Gasteiger partial charge in [0.25, 0.3) is 0 Å². The van der Waals surface area contributed by atoms with Gasteiger partial charge in [-0.1, -0.05) is 18.6 Å². The first kappa shape index (κ1) is 14.2. The molecule has 1 saturated carbocycles. The normalized spacial score (nSPS) is 23.3. The standard InChI is InChI=1S/C15H21N5O/c1-11(17-15-7-3-5-13(15)9-21)12-4-2-6-14(8-12)20-10-16-18-19-20/h2,4,6,8,10-11,13,15,17,21H,3,5,7,9H2,1H3. The van der Waals surface area contributed by atoms with Crippen LogP contribution < -0.4 is 5.32 Å². The molecule has 1 aliphatic carbocycles. The molecule has 0 spiro atoms. The third kappa shape index (κ3) is 3.11. The molecule has 2 aromatic rings. The predicted molar refractivity (Wildman–Crippen MR) is 78.9 cm³/mol. The van der Waals surface area contributed by atoms with E-state index in [1.807, 2.05) is 12.1 Å². The van der Waals surface area contributed by atoms with Gasteiger partial charge < -0.3 is 10.4 Å². The Labute approximate surface area is 124 Å². The van der Waals surface area contributed by atoms with Crippen LogP contribution in [-0.4, -0.2) is 38.0 Å². The first-order valence-corrected chi connectivity index (χ1v) is 7.48. The Kier molecular flexibility index (Phi) is 4.26. The Morgan fingerprint density at radius 1 is 1.43 bits per heavy atom. The summed E-state index contributed by atoms with van der Waals surface area (Å²) in [5, 5.41) is 24.3. The number of nitrogens with one attached hydrogen (secondary N) is 1. The van der Waals surface area contributed by atoms with Crippen molar-refractivity contribution in [1.29, 1.82) is 0 Å². The Bertz CT molecular complexity index is 571. The highest BCUT2D eigenvalue weighted by molar-refractivity contribution is 5.35. The van der Waals surface area contributed by atoms with Crippen LogP contribution in [0, 0.1) is 5.92 Å². The number of aromatic nitrogens is 4. The average Bonchev–Trinajstić information content (AvgIpc) is 3.18. The maximum atomic E-state index is 9.42. The van der Waals surface area contributed by atoms with Crippen LogP contribution in [0.1, 0.15) is 37.8 Å². The maximum Gasteiger partial charge on any atom is 0.143 e. The highest BCUT2D eigenvalue weighted by Gasteiger charge is 2.27. The van der Waals surface area contributed by atoms with Gasteiger partial charge in [-0.3, -0.25) is 0 Å². The van der Waals surface area contributed by atoms with E-state index < -0.39 is 0 Å². The van der Waals surface area contributed by atoms with Crippen LogP contribution in [0.2, 0.25) is 0 Å². The first-order chi connectivity index (χ1) is 10.3. The lowest BCUT2D eigenvalue weighted by Crippen LogP contribution is -2.35. The Hall–Kier alpha value is -1.79. The second kappa shape index (κ2) is 6.32. The topological polar surface area (TPSA) is 75.9 Å². The van der Waals surface area contributed by atoms with Crippen LogP contribution in [0.25, 0.3) is 5.69 Å². The molecule has 0 amide bonds. The summed E-state index contributed by atoms with van der Waals surface area (Å²) in [6.45, 7) is 2.43. The zero-order chi connectivity index (χ0) is 14.7. The molecule has 112 valence electrons. The molecular weight excluding hydrogens is 266 g/mol. The molecule has 1 aromatic heterocycles. The van der Waals surface area contributed by atoms with E-state index in [1.165, 1.54) is 12.0 Å². The number of hydrogen-bond acceptors (Lipinski definition) is 5. The van der Waals surface area contributed by atoms with Crippen molar-refractivity contribution >= 4 is 0 Å². The largest absolute Gasteiger partial charge is 0.396 e. The fourth-order valence-electron chi connectivity index (χ4n) is 3.11. The summed E-state index contributed by atoms with van der Waals surface area (Å²) in [7, 11) is 0. The smallest absolute Gasteiger partial charge is 0.143 e. The molecule has 2 N–H and O–H groups in total. The molecule has 21 heavy (non-hydrogen) atoms. The molecule has 1 aliphatic rings. The van der Waals surface area contributed by atoms with Crippen molar-refractivity contribution in [3.8, 4) is 5.69 Å². The van der Waals surface area contributed by atoms with Gasteiger partial charge in [0, 0.05) is 18.7 Å². The highest BCUT2D eigenvalue weighted by Crippen LogP contribution is 2.27. The van der Waals surface area contributed by atoms with Crippen molar-refractivity contribution in [2.75, 3.05) is 6.61 Å². The lowest BCUT2D eigenvalue weighted by atomic mass is 10.0. The van der Waals surface area contributed by atoms with E-state index in [0.717, 1.165) is 18.5 Å². The van der Waals surface area contributed by atoms with E-state index in [2.05, 4.69) is 39.9 Å². The number of rotatable bonds is 5. The third-order valence-corrected chi connectivity index (χ3v) is 4.34. The summed E-state index contributed by atoms with van der Waals surface area (Å²) in [4.78, 5) is 0. The van der Waals surface area contributed by atoms with Crippen LogP contribution >= 0.6 is 0 Å². The van der Waals surface area contributed by atoms with Gasteiger partial charge in [0.1, 0.15) is 6.33 Å². The fourth-order valence-corrected chi connectivity index (χ4v) is 3.11. The van der Waals surface area contributed by atoms with Crippen molar-refractivity contribution in [2.45, 2.75) is 38.3 Å². The van der Waals surface area contributed by atoms with E-state index in [9.17, 15) is 5.11 Å². The molecule has 1 aromatic carbocycles. The van der Waals surface area contributed by atoms with Crippen LogP contribution in [0.4, 0.5) is 0 Å². The Morgan fingerprint density at radius 3 is 3.10 bits per heavy atom. The van der Waals surface area contributed by atoms with Crippen molar-refractivity contribution in [1.82, 2.24) is 25.5 Å². The number of aliphatic hydroxyl groups is 1. The molecule has 3 atom stereocenters. The second-order valence-corrected chi connectivity index (χ2v) is 5.72. The summed E-state index contributed by atoms with van der Waals surface area (Å²) in [5.74, 6) is 0.384. The van der Waals surface area contributed by atoms with E-state index in [1.54, 1.807) is 11.0 Å². The molecule has 1 fully saturated rings. The molecule has 3 rings (SSSR count). The fraction of sp³-hybridized carbons (Fsp3) is 0.533. The maximum absolute atomic E-state index is 9.42. The summed E-state index contributed by atoms with van der Waals surface area (Å²) in [6, 6.07) is 8.84. The van der Waals surface area contributed by atoms with Crippen molar-refractivity contribution in [3.63, 3.8) is 0 Å². The number of nitrogens with zero attached hydrogens (tertiary/aromatic N) is 4. The molecule has 0 saturated heterocycles. The molecule has 0 radical (unpaired) electrons. The van der Waals surface area contributed by atoms with Gasteiger partial charge in [0.2, 0.25) is 0 Å². The summed E-state index contributed by atoms with van der Waals surface area (Å²) in [6.07, 6.45) is 5.05. The zero-order valence-corrected chi connectivity index (χ0v) is 12.2. The van der Waals surface area contributed by atoms with Gasteiger partial charge in [-0.25, -0.2) is 4.68 Å². The van der Waals surface area contributed by atoms with Gasteiger partial charge in [0.15, 0.2) is 0 Å². The number of aliphatic hydroxyl groups excluding tert-OH is 1. The zero-order valence-electron chi connectivity index (χ0n) is 12.2. The molecule has 1 heterocycles. The number of benzene rings is 1. The van der Waals surface area contributed by atoms with E-state index in [-0.39, 0.29) is 12.6 Å². The first-order valence-electron chi connectivity index (χ1n) is 7.48. The molecule has 6 heteroatoms. The molecule has 3 unspecified atom stereocenters. The van der Waals surface area contributed by atoms with Crippen molar-refractivity contribution < 1.29 is 5.11 Å². The van der Waals surface area contributed by atoms with Crippen LogP contribution in [0.15, 0.2) is 30.6 Å². The summed E-state index contributed by atoms with van der Waals surface area (Å²) < 4.78 is 1.66. The third-order valence-electron chi connectivity index (χ3n) is 4.34. The lowest BCUT2D eigenvalue weighted by Gasteiger charge is -2.24. The van der Waals surface area contributed by atoms with E-state index in [4.69, 9.17) is 0 Å². The van der Waals surface area contributed by atoms with Crippen molar-refractivity contribution in [3.05, 3.63) is 36.2 Å². The minimum atomic E-state index is 0.235. The summed E-state index contributed by atoms with van der Waals surface area (Å²) >= 11 is 0. The minimum Gasteiger partial charge on any atom is -0.396 e. The van der Waals surface area contributed by atoms with Crippen LogP contribution in [-0.2, 0) is 0 Å². The van der Waals surface area contributed by atoms with Crippen LogP contribution in [0.5, 0.6) is 0 Å². The van der Waals surface area contributed by atoms with E-state index in [0.29, 0.717) is 12.0 Å². The minimum absolute atomic E-state index is 0.235. The number of hydrogen-bond donors (Lipinski definition) is 2. The highest BCUT2D eigenvalue weighted by atomic mass is 16.3. The van der Waals surface area contributed by atoms with Gasteiger partial charge in [-0.2, -0.15) is 0 Å². The lowest BCUT2D eigenvalue weighted by molar-refractivity contribution is 0.200. The van der Waals surface area contributed by atoms with Gasteiger partial charge >= 0.3 is 0 Å². The van der Waals surface area contributed by atoms with Crippen molar-refractivity contribution in [2.24, 2.45) is 5.92 Å². The number of tetrazole rings is 1. The predicted octanol–water partition coefficient (Wildman–Crippen LogP) is 1.47. The Balaban J connectivity index is 1.73. The second-order valence-electron chi connectivity index (χ2n) is 5.72. The molecular formula is C15H21N5O. The van der Waals surface area contributed by atoms with Crippen LogP contribution in [0.3, 0.4) is 0 Å².